The lowest BCUT2D eigenvalue weighted by atomic mass is 10.0. The first-order chi connectivity index (χ1) is 14.8. The molecule has 1 saturated heterocycles. The lowest BCUT2D eigenvalue weighted by molar-refractivity contribution is -0.140. The molecule has 0 spiro atoms. The van der Waals surface area contributed by atoms with Gasteiger partial charge in [-0.3, -0.25) is 19.1 Å². The highest BCUT2D eigenvalue weighted by Gasteiger charge is 2.39. The van der Waals surface area contributed by atoms with Crippen LogP contribution in [0.25, 0.3) is 0 Å². The Morgan fingerprint density at radius 1 is 1.32 bits per heavy atom. The van der Waals surface area contributed by atoms with Crippen molar-refractivity contribution in [1.82, 2.24) is 19.6 Å². The van der Waals surface area contributed by atoms with E-state index in [-0.39, 0.29) is 37.2 Å². The van der Waals surface area contributed by atoms with E-state index in [1.165, 1.54) is 9.80 Å². The summed E-state index contributed by atoms with van der Waals surface area (Å²) < 4.78 is 1.62. The van der Waals surface area contributed by atoms with Crippen LogP contribution in [-0.2, 0) is 21.4 Å². The Labute approximate surface area is 181 Å². The number of carbonyl (C=O) groups excluding carboxylic acids is 3. The summed E-state index contributed by atoms with van der Waals surface area (Å²) in [5, 5.41) is 16.4. The van der Waals surface area contributed by atoms with Crippen LogP contribution in [0.5, 0.6) is 0 Å². The molecule has 0 saturated carbocycles. The second kappa shape index (κ2) is 9.43. The number of hydrogen-bond acceptors (Lipinski definition) is 5. The summed E-state index contributed by atoms with van der Waals surface area (Å²) in [7, 11) is 3.33. The minimum Gasteiger partial charge on any atom is -0.336 e. The topological polar surface area (TPSA) is 111 Å². The molecule has 0 aliphatic carbocycles. The average Bonchev–Trinajstić information content (AvgIpc) is 3.39. The van der Waals surface area contributed by atoms with E-state index in [2.05, 4.69) is 16.5 Å². The van der Waals surface area contributed by atoms with Crippen LogP contribution in [-0.4, -0.2) is 63.5 Å². The molecule has 2 heterocycles. The van der Waals surface area contributed by atoms with Crippen molar-refractivity contribution in [2.45, 2.75) is 25.3 Å². The Morgan fingerprint density at radius 2 is 2.03 bits per heavy atom. The van der Waals surface area contributed by atoms with Gasteiger partial charge < -0.3 is 15.1 Å². The molecule has 162 valence electrons. The van der Waals surface area contributed by atoms with E-state index in [4.69, 9.17) is 0 Å². The number of hydrogen-bond donors (Lipinski definition) is 1. The van der Waals surface area contributed by atoms with Crippen molar-refractivity contribution < 1.29 is 14.4 Å². The van der Waals surface area contributed by atoms with Crippen LogP contribution in [0.2, 0.25) is 0 Å². The molecule has 3 unspecified atom stereocenters. The minimum atomic E-state index is -0.696. The van der Waals surface area contributed by atoms with Gasteiger partial charge in [0.2, 0.25) is 17.7 Å². The SMILES string of the molecule is CC(C(=O)N(C)CC(=O)N1CC(C(=O)Nc2ccccc2)CC1C#N)c1cnn(C)c1. The van der Waals surface area contributed by atoms with Gasteiger partial charge in [-0.1, -0.05) is 18.2 Å². The monoisotopic (exact) mass is 422 g/mol. The number of aryl methyl sites for hydroxylation is 1. The zero-order valence-electron chi connectivity index (χ0n) is 17.9. The maximum atomic E-state index is 12.9. The predicted molar refractivity (Wildman–Crippen MR) is 114 cm³/mol. The highest BCUT2D eigenvalue weighted by molar-refractivity contribution is 5.94. The number of nitrogens with zero attached hydrogens (tertiary/aromatic N) is 5. The van der Waals surface area contributed by atoms with E-state index in [9.17, 15) is 19.6 Å². The van der Waals surface area contributed by atoms with Gasteiger partial charge >= 0.3 is 0 Å². The summed E-state index contributed by atoms with van der Waals surface area (Å²) in [5.41, 5.74) is 1.43. The van der Waals surface area contributed by atoms with Crippen molar-refractivity contribution in [1.29, 1.82) is 5.26 Å². The van der Waals surface area contributed by atoms with Gasteiger partial charge in [0, 0.05) is 38.1 Å². The molecule has 1 aliphatic heterocycles. The molecule has 0 bridgehead atoms. The van der Waals surface area contributed by atoms with Crippen LogP contribution < -0.4 is 5.32 Å². The average molecular weight is 422 g/mol. The molecule has 2 aromatic rings. The minimum absolute atomic E-state index is 0.149. The lowest BCUT2D eigenvalue weighted by Crippen LogP contribution is -2.44. The number of benzene rings is 1. The second-order valence-corrected chi connectivity index (χ2v) is 7.84. The van der Waals surface area contributed by atoms with Crippen molar-refractivity contribution >= 4 is 23.4 Å². The van der Waals surface area contributed by atoms with Crippen molar-refractivity contribution in [2.24, 2.45) is 13.0 Å². The first kappa shape index (κ1) is 22.0. The number of likely N-dealkylation sites (N-methyl/N-ethyl adjacent to an activating group) is 1. The van der Waals surface area contributed by atoms with Crippen LogP contribution >= 0.6 is 0 Å². The van der Waals surface area contributed by atoms with E-state index in [1.54, 1.807) is 50.2 Å². The first-order valence-electron chi connectivity index (χ1n) is 10.1. The molecule has 3 atom stereocenters. The van der Waals surface area contributed by atoms with E-state index < -0.39 is 17.9 Å². The fourth-order valence-electron chi connectivity index (χ4n) is 3.70. The number of rotatable bonds is 6. The van der Waals surface area contributed by atoms with Crippen LogP contribution in [0.1, 0.15) is 24.8 Å². The summed E-state index contributed by atoms with van der Waals surface area (Å²) in [6, 6.07) is 10.5. The fraction of sp³-hybridized carbons (Fsp3) is 0.409. The number of para-hydroxylation sites is 1. The Balaban J connectivity index is 1.60. The fourth-order valence-corrected chi connectivity index (χ4v) is 3.70. The van der Waals surface area contributed by atoms with E-state index >= 15 is 0 Å². The molecule has 1 aromatic heterocycles. The molecule has 1 aliphatic rings. The van der Waals surface area contributed by atoms with E-state index in [0.29, 0.717) is 5.69 Å². The van der Waals surface area contributed by atoms with Gasteiger partial charge in [0.15, 0.2) is 0 Å². The van der Waals surface area contributed by atoms with Gasteiger partial charge in [0.25, 0.3) is 0 Å². The summed E-state index contributed by atoms with van der Waals surface area (Å²) in [6.07, 6.45) is 3.66. The molecule has 1 fully saturated rings. The normalized spacial score (nSPS) is 18.8. The molecule has 9 heteroatoms. The van der Waals surface area contributed by atoms with Crippen LogP contribution in [0.15, 0.2) is 42.7 Å². The standard InChI is InChI=1S/C22H26N6O3/c1-15(17-11-24-27(3)12-17)22(31)26(2)14-20(29)28-13-16(9-19(28)10-23)21(30)25-18-7-5-4-6-8-18/h4-8,11-12,15-16,19H,9,13-14H2,1-3H3,(H,25,30). The molecule has 3 rings (SSSR count). The third-order valence-corrected chi connectivity index (χ3v) is 5.53. The Morgan fingerprint density at radius 3 is 2.65 bits per heavy atom. The predicted octanol–water partition coefficient (Wildman–Crippen LogP) is 1.36. The van der Waals surface area contributed by atoms with Gasteiger partial charge in [-0.05, 0) is 25.5 Å². The summed E-state index contributed by atoms with van der Waals surface area (Å²) in [6.45, 7) is 1.75. The molecule has 0 radical (unpaired) electrons. The number of nitriles is 1. The van der Waals surface area contributed by atoms with E-state index in [0.717, 1.165) is 5.56 Å². The Hall–Kier alpha value is -3.67. The quantitative estimate of drug-likeness (QED) is 0.756. The first-order valence-corrected chi connectivity index (χ1v) is 10.1. The molecule has 9 nitrogen and oxygen atoms in total. The number of amides is 3. The Kier molecular flexibility index (Phi) is 6.70. The number of aromatic nitrogens is 2. The second-order valence-electron chi connectivity index (χ2n) is 7.84. The van der Waals surface area contributed by atoms with Crippen molar-refractivity contribution in [3.63, 3.8) is 0 Å². The zero-order chi connectivity index (χ0) is 22.5. The summed E-state index contributed by atoms with van der Waals surface area (Å²) in [5.74, 6) is -1.72. The number of likely N-dealkylation sites (tertiary alicyclic amines) is 1. The van der Waals surface area contributed by atoms with Crippen LogP contribution in [0.4, 0.5) is 5.69 Å². The smallest absolute Gasteiger partial charge is 0.243 e. The zero-order valence-corrected chi connectivity index (χ0v) is 17.9. The molecule has 3 amide bonds. The van der Waals surface area contributed by atoms with Gasteiger partial charge in [-0.15, -0.1) is 0 Å². The lowest BCUT2D eigenvalue weighted by Gasteiger charge is -2.25. The van der Waals surface area contributed by atoms with E-state index in [1.807, 2.05) is 18.2 Å². The van der Waals surface area contributed by atoms with Crippen molar-refractivity contribution in [3.05, 3.63) is 48.3 Å². The molecular weight excluding hydrogens is 396 g/mol. The highest BCUT2D eigenvalue weighted by Crippen LogP contribution is 2.25. The third-order valence-electron chi connectivity index (χ3n) is 5.53. The Bertz CT molecular complexity index is 996. The van der Waals surface area contributed by atoms with Gasteiger partial charge in [0.1, 0.15) is 6.04 Å². The largest absolute Gasteiger partial charge is 0.336 e. The van der Waals surface area contributed by atoms with Gasteiger partial charge in [-0.25, -0.2) is 0 Å². The summed E-state index contributed by atoms with van der Waals surface area (Å²) in [4.78, 5) is 40.9. The summed E-state index contributed by atoms with van der Waals surface area (Å²) >= 11 is 0. The van der Waals surface area contributed by atoms with Crippen molar-refractivity contribution in [2.75, 3.05) is 25.5 Å². The van der Waals surface area contributed by atoms with Crippen LogP contribution in [0, 0.1) is 17.2 Å². The number of carbonyl (C=O) groups is 3. The van der Waals surface area contributed by atoms with Gasteiger partial charge in [0.05, 0.1) is 30.6 Å². The van der Waals surface area contributed by atoms with Gasteiger partial charge in [-0.2, -0.15) is 10.4 Å². The highest BCUT2D eigenvalue weighted by atomic mass is 16.2. The number of anilines is 1. The maximum Gasteiger partial charge on any atom is 0.243 e. The molecule has 31 heavy (non-hydrogen) atoms. The molecular formula is C22H26N6O3. The molecule has 1 aromatic carbocycles. The third kappa shape index (κ3) is 5.09. The number of nitrogens with one attached hydrogen (secondary N) is 1. The molecule has 1 N–H and O–H groups in total. The van der Waals surface area contributed by atoms with Crippen molar-refractivity contribution in [3.8, 4) is 6.07 Å². The van der Waals surface area contributed by atoms with Crippen LogP contribution in [0.3, 0.4) is 0 Å². The maximum absolute atomic E-state index is 12.9.